The first kappa shape index (κ1) is 14.8. The summed E-state index contributed by atoms with van der Waals surface area (Å²) < 4.78 is 0. The van der Waals surface area contributed by atoms with E-state index in [1.165, 1.54) is 4.90 Å². The van der Waals surface area contributed by atoms with Gasteiger partial charge in [0, 0.05) is 18.5 Å². The number of nitrogens with one attached hydrogen (secondary N) is 1. The number of aromatic nitrogens is 1. The van der Waals surface area contributed by atoms with Gasteiger partial charge in [0.25, 0.3) is 0 Å². The summed E-state index contributed by atoms with van der Waals surface area (Å²) in [5.41, 5.74) is 1.45. The molecule has 0 aliphatic heterocycles. The number of anilines is 1. The van der Waals surface area contributed by atoms with Gasteiger partial charge in [-0.2, -0.15) is 0 Å². The zero-order valence-electron chi connectivity index (χ0n) is 11.7. The summed E-state index contributed by atoms with van der Waals surface area (Å²) in [6, 6.07) is 9.13. The summed E-state index contributed by atoms with van der Waals surface area (Å²) in [5, 5.41) is 12.4. The lowest BCUT2D eigenvalue weighted by atomic mass is 10.2. The molecule has 1 aromatic carbocycles. The third-order valence-electron chi connectivity index (χ3n) is 3.11. The van der Waals surface area contributed by atoms with E-state index in [-0.39, 0.29) is 19.0 Å². The van der Waals surface area contributed by atoms with Crippen LogP contribution in [0.5, 0.6) is 0 Å². The molecule has 2 aromatic rings. The van der Waals surface area contributed by atoms with Gasteiger partial charge in [0.1, 0.15) is 0 Å². The highest BCUT2D eigenvalue weighted by molar-refractivity contribution is 5.92. The lowest BCUT2D eigenvalue weighted by molar-refractivity contribution is -0.137. The van der Waals surface area contributed by atoms with E-state index in [9.17, 15) is 9.59 Å². The van der Waals surface area contributed by atoms with Crippen LogP contribution in [0.15, 0.2) is 36.5 Å². The average Bonchev–Trinajstić information content (AvgIpc) is 2.47. The Labute approximate surface area is 122 Å². The Morgan fingerprint density at radius 2 is 2.10 bits per heavy atom. The molecule has 21 heavy (non-hydrogen) atoms. The topological polar surface area (TPSA) is 82.5 Å². The maximum absolute atomic E-state index is 12.1. The highest BCUT2D eigenvalue weighted by Gasteiger charge is 2.13. The van der Waals surface area contributed by atoms with Crippen LogP contribution in [0.3, 0.4) is 0 Å². The van der Waals surface area contributed by atoms with Crippen molar-refractivity contribution in [2.24, 2.45) is 0 Å². The molecule has 1 heterocycles. The first-order valence-electron chi connectivity index (χ1n) is 6.72. The van der Waals surface area contributed by atoms with Gasteiger partial charge < -0.3 is 15.3 Å². The van der Waals surface area contributed by atoms with Crippen LogP contribution in [-0.4, -0.2) is 40.1 Å². The Morgan fingerprint density at radius 3 is 2.81 bits per heavy atom. The lowest BCUT2D eigenvalue weighted by Crippen LogP contribution is -2.36. The van der Waals surface area contributed by atoms with Crippen molar-refractivity contribution in [3.05, 3.63) is 36.5 Å². The molecule has 0 spiro atoms. The minimum atomic E-state index is -0.923. The average molecular weight is 287 g/mol. The maximum atomic E-state index is 12.1. The molecule has 0 saturated carbocycles. The monoisotopic (exact) mass is 287 g/mol. The van der Waals surface area contributed by atoms with Crippen molar-refractivity contribution in [3.8, 4) is 0 Å². The number of para-hydroxylation sites is 1. The van der Waals surface area contributed by atoms with E-state index < -0.39 is 5.97 Å². The second-order valence-electron chi connectivity index (χ2n) is 4.57. The number of carbonyl (C=O) groups excluding carboxylic acids is 1. The fourth-order valence-electron chi connectivity index (χ4n) is 1.98. The van der Waals surface area contributed by atoms with E-state index in [2.05, 4.69) is 10.3 Å². The van der Waals surface area contributed by atoms with Crippen LogP contribution in [0.4, 0.5) is 10.5 Å². The van der Waals surface area contributed by atoms with E-state index >= 15 is 0 Å². The molecule has 0 bridgehead atoms. The number of amides is 2. The Balaban J connectivity index is 2.07. The lowest BCUT2D eigenvalue weighted by Gasteiger charge is -2.20. The molecule has 0 atom stereocenters. The van der Waals surface area contributed by atoms with Gasteiger partial charge in [-0.25, -0.2) is 4.79 Å². The summed E-state index contributed by atoms with van der Waals surface area (Å²) in [6.07, 6.45) is 1.52. The highest BCUT2D eigenvalue weighted by Crippen LogP contribution is 2.16. The molecule has 0 fully saturated rings. The summed E-state index contributed by atoms with van der Waals surface area (Å²) in [4.78, 5) is 28.4. The highest BCUT2D eigenvalue weighted by atomic mass is 16.4. The quantitative estimate of drug-likeness (QED) is 0.885. The van der Waals surface area contributed by atoms with E-state index in [0.717, 1.165) is 10.9 Å². The maximum Gasteiger partial charge on any atom is 0.321 e. The van der Waals surface area contributed by atoms with Crippen LogP contribution in [0, 0.1) is 0 Å². The number of nitrogens with zero attached hydrogens (tertiary/aromatic N) is 2. The van der Waals surface area contributed by atoms with Crippen molar-refractivity contribution < 1.29 is 14.7 Å². The molecule has 0 aliphatic carbocycles. The van der Waals surface area contributed by atoms with Crippen LogP contribution in [0.1, 0.15) is 13.3 Å². The Morgan fingerprint density at radius 1 is 1.33 bits per heavy atom. The summed E-state index contributed by atoms with van der Waals surface area (Å²) in [5.74, 6) is -0.923. The second kappa shape index (κ2) is 6.69. The molecule has 1 aromatic heterocycles. The predicted octanol–water partition coefficient (Wildman–Crippen LogP) is 2.56. The van der Waals surface area contributed by atoms with Gasteiger partial charge >= 0.3 is 12.0 Å². The van der Waals surface area contributed by atoms with Crippen LogP contribution in [-0.2, 0) is 4.79 Å². The molecule has 110 valence electrons. The largest absolute Gasteiger partial charge is 0.481 e. The molecular weight excluding hydrogens is 270 g/mol. The number of hydrogen-bond donors (Lipinski definition) is 2. The van der Waals surface area contributed by atoms with Gasteiger partial charge in [-0.15, -0.1) is 0 Å². The van der Waals surface area contributed by atoms with Gasteiger partial charge in [0.2, 0.25) is 0 Å². The molecule has 2 N–H and O–H groups in total. The standard InChI is InChI=1S/C15H17N3O3/c1-2-18(8-7-14(19)20)15(21)17-12-9-11-5-3-4-6-13(11)16-10-12/h3-6,9-10H,2,7-8H2,1H3,(H,17,21)(H,19,20). The smallest absolute Gasteiger partial charge is 0.321 e. The molecule has 6 nitrogen and oxygen atoms in total. The molecule has 2 rings (SSSR count). The number of carboxylic acids is 1. The van der Waals surface area contributed by atoms with Crippen molar-refractivity contribution >= 4 is 28.6 Å². The number of aliphatic carboxylic acids is 1. The molecule has 0 unspecified atom stereocenters. The molecule has 2 amide bonds. The van der Waals surface area contributed by atoms with Gasteiger partial charge in [-0.1, -0.05) is 18.2 Å². The van der Waals surface area contributed by atoms with Gasteiger partial charge in [0.15, 0.2) is 0 Å². The first-order valence-corrected chi connectivity index (χ1v) is 6.72. The Kier molecular flexibility index (Phi) is 4.71. The van der Waals surface area contributed by atoms with E-state index in [0.29, 0.717) is 12.2 Å². The molecule has 0 aliphatic rings. The number of hydrogen-bond acceptors (Lipinski definition) is 3. The predicted molar refractivity (Wildman–Crippen MR) is 80.3 cm³/mol. The molecule has 6 heteroatoms. The number of urea groups is 1. The second-order valence-corrected chi connectivity index (χ2v) is 4.57. The number of fused-ring (bicyclic) bond motifs is 1. The fraction of sp³-hybridized carbons (Fsp3) is 0.267. The van der Waals surface area contributed by atoms with Crippen LogP contribution < -0.4 is 5.32 Å². The van der Waals surface area contributed by atoms with Crippen LogP contribution in [0.25, 0.3) is 10.9 Å². The summed E-state index contributed by atoms with van der Waals surface area (Å²) >= 11 is 0. The third kappa shape index (κ3) is 3.92. The molecular formula is C15H17N3O3. The zero-order valence-corrected chi connectivity index (χ0v) is 11.7. The van der Waals surface area contributed by atoms with Gasteiger partial charge in [-0.05, 0) is 19.1 Å². The van der Waals surface area contributed by atoms with E-state index in [1.54, 1.807) is 13.1 Å². The Hall–Kier alpha value is -2.63. The van der Waals surface area contributed by atoms with Crippen LogP contribution in [0.2, 0.25) is 0 Å². The van der Waals surface area contributed by atoms with Gasteiger partial charge in [-0.3, -0.25) is 9.78 Å². The first-order chi connectivity index (χ1) is 10.1. The summed E-state index contributed by atoms with van der Waals surface area (Å²) in [6.45, 7) is 2.43. The van der Waals surface area contributed by atoms with E-state index in [4.69, 9.17) is 5.11 Å². The fourth-order valence-corrected chi connectivity index (χ4v) is 1.98. The molecule has 0 saturated heterocycles. The van der Waals surface area contributed by atoms with Crippen molar-refractivity contribution in [2.45, 2.75) is 13.3 Å². The SMILES string of the molecule is CCN(CCC(=O)O)C(=O)Nc1cnc2ccccc2c1. The minimum Gasteiger partial charge on any atom is -0.481 e. The van der Waals surface area contributed by atoms with Crippen molar-refractivity contribution in [3.63, 3.8) is 0 Å². The third-order valence-corrected chi connectivity index (χ3v) is 3.11. The number of rotatable bonds is 5. The molecule has 0 radical (unpaired) electrons. The van der Waals surface area contributed by atoms with Crippen LogP contribution >= 0.6 is 0 Å². The van der Waals surface area contributed by atoms with Crippen molar-refractivity contribution in [1.29, 1.82) is 0 Å². The number of benzene rings is 1. The number of carboxylic acid groups (broad SMARTS) is 1. The Bertz CT molecular complexity index is 657. The van der Waals surface area contributed by atoms with Crippen molar-refractivity contribution in [1.82, 2.24) is 9.88 Å². The van der Waals surface area contributed by atoms with E-state index in [1.807, 2.05) is 30.3 Å². The summed E-state index contributed by atoms with van der Waals surface area (Å²) in [7, 11) is 0. The normalized spacial score (nSPS) is 10.3. The number of pyridine rings is 1. The van der Waals surface area contributed by atoms with Gasteiger partial charge in [0.05, 0.1) is 23.8 Å². The van der Waals surface area contributed by atoms with Crippen molar-refractivity contribution in [2.75, 3.05) is 18.4 Å². The number of carbonyl (C=O) groups is 2. The minimum absolute atomic E-state index is 0.0722. The zero-order chi connectivity index (χ0) is 15.2.